The van der Waals surface area contributed by atoms with Crippen molar-refractivity contribution in [3.05, 3.63) is 12.2 Å². The van der Waals surface area contributed by atoms with Gasteiger partial charge in [-0.05, 0) is 18.8 Å². The third-order valence-corrected chi connectivity index (χ3v) is 6.42. The molecule has 0 saturated carbocycles. The highest BCUT2D eigenvalue weighted by molar-refractivity contribution is 7.99. The Morgan fingerprint density at radius 2 is 2.10 bits per heavy atom. The van der Waals surface area contributed by atoms with Gasteiger partial charge in [0.25, 0.3) is 0 Å². The van der Waals surface area contributed by atoms with E-state index in [-0.39, 0.29) is 18.2 Å². The maximum atomic E-state index is 12.1. The molecule has 1 aliphatic carbocycles. The van der Waals surface area contributed by atoms with Crippen LogP contribution in [-0.2, 0) is 14.8 Å². The second-order valence-corrected chi connectivity index (χ2v) is 8.46. The lowest BCUT2D eigenvalue weighted by Gasteiger charge is -2.25. The molecule has 0 bridgehead atoms. The van der Waals surface area contributed by atoms with E-state index in [2.05, 4.69) is 17.5 Å². The molecule has 2 aliphatic rings. The molecule has 1 fully saturated rings. The van der Waals surface area contributed by atoms with E-state index in [1.807, 2.05) is 0 Å². The highest BCUT2D eigenvalue weighted by Crippen LogP contribution is 2.20. The summed E-state index contributed by atoms with van der Waals surface area (Å²) in [4.78, 5) is 11.7. The average molecular weight is 318 g/mol. The largest absolute Gasteiger partial charge is 0.355 e. The number of thioether (sulfide) groups is 1. The van der Waals surface area contributed by atoms with Gasteiger partial charge in [0.15, 0.2) is 0 Å². The SMILES string of the molecule is O=C(C[C@H]1C=CCC1)NCCS(=O)(=O)N1CCSCC1. The molecule has 5 nitrogen and oxygen atoms in total. The molecule has 0 aromatic heterocycles. The topological polar surface area (TPSA) is 66.5 Å². The minimum Gasteiger partial charge on any atom is -0.355 e. The molecule has 1 aliphatic heterocycles. The fourth-order valence-electron chi connectivity index (χ4n) is 2.45. The summed E-state index contributed by atoms with van der Waals surface area (Å²) in [5, 5.41) is 2.72. The van der Waals surface area contributed by atoms with Crippen molar-refractivity contribution in [3.8, 4) is 0 Å². The molecule has 1 saturated heterocycles. The van der Waals surface area contributed by atoms with Crippen molar-refractivity contribution in [2.45, 2.75) is 19.3 Å². The summed E-state index contributed by atoms with van der Waals surface area (Å²) >= 11 is 1.78. The zero-order valence-corrected chi connectivity index (χ0v) is 13.2. The zero-order valence-electron chi connectivity index (χ0n) is 11.6. The first kappa shape index (κ1) is 15.9. The Morgan fingerprint density at radius 1 is 1.35 bits per heavy atom. The van der Waals surface area contributed by atoms with Gasteiger partial charge in [-0.1, -0.05) is 12.2 Å². The third kappa shape index (κ3) is 4.79. The molecule has 0 unspecified atom stereocenters. The number of nitrogens with one attached hydrogen (secondary N) is 1. The number of allylic oxidation sites excluding steroid dienone is 2. The molecule has 1 N–H and O–H groups in total. The standard InChI is InChI=1S/C13H22N2O3S2/c16-13(11-12-3-1-2-4-12)14-5-10-20(17,18)15-6-8-19-9-7-15/h1,3,12H,2,4-11H2,(H,14,16)/t12-/m0/s1. The van der Waals surface area contributed by atoms with Crippen molar-refractivity contribution in [1.29, 1.82) is 0 Å². The molecule has 1 amide bonds. The van der Waals surface area contributed by atoms with Gasteiger partial charge >= 0.3 is 0 Å². The maximum Gasteiger partial charge on any atom is 0.220 e. The molecule has 114 valence electrons. The van der Waals surface area contributed by atoms with Crippen molar-refractivity contribution in [1.82, 2.24) is 9.62 Å². The van der Waals surface area contributed by atoms with Crippen LogP contribution in [0.4, 0.5) is 0 Å². The van der Waals surface area contributed by atoms with Gasteiger partial charge in [-0.15, -0.1) is 0 Å². The number of carbonyl (C=O) groups excluding carboxylic acids is 1. The number of nitrogens with zero attached hydrogens (tertiary/aromatic N) is 1. The van der Waals surface area contributed by atoms with Crippen molar-refractivity contribution in [2.75, 3.05) is 36.9 Å². The smallest absolute Gasteiger partial charge is 0.220 e. The summed E-state index contributed by atoms with van der Waals surface area (Å²) in [5.41, 5.74) is 0. The Balaban J connectivity index is 1.68. The van der Waals surface area contributed by atoms with Crippen LogP contribution in [0.15, 0.2) is 12.2 Å². The summed E-state index contributed by atoms with van der Waals surface area (Å²) < 4.78 is 25.7. The van der Waals surface area contributed by atoms with Crippen LogP contribution in [-0.4, -0.2) is 55.5 Å². The molecule has 0 aromatic rings. The van der Waals surface area contributed by atoms with E-state index >= 15 is 0 Å². The van der Waals surface area contributed by atoms with Crippen LogP contribution >= 0.6 is 11.8 Å². The molecule has 7 heteroatoms. The predicted molar refractivity (Wildman–Crippen MR) is 82.2 cm³/mol. The summed E-state index contributed by atoms with van der Waals surface area (Å²) in [6.07, 6.45) is 6.70. The molecule has 0 aromatic carbocycles. The molecule has 0 spiro atoms. The lowest BCUT2D eigenvalue weighted by atomic mass is 10.1. The number of carbonyl (C=O) groups is 1. The Bertz CT molecular complexity index is 456. The van der Waals surface area contributed by atoms with Crippen molar-refractivity contribution < 1.29 is 13.2 Å². The number of sulfonamides is 1. The monoisotopic (exact) mass is 318 g/mol. The van der Waals surface area contributed by atoms with Crippen LogP contribution in [0, 0.1) is 5.92 Å². The van der Waals surface area contributed by atoms with Crippen LogP contribution in [0.5, 0.6) is 0 Å². The van der Waals surface area contributed by atoms with Crippen molar-refractivity contribution >= 4 is 27.7 Å². The van der Waals surface area contributed by atoms with E-state index in [1.165, 1.54) is 4.31 Å². The minimum absolute atomic E-state index is 0.00388. The molecular formula is C13H22N2O3S2. The first-order valence-electron chi connectivity index (χ1n) is 7.07. The van der Waals surface area contributed by atoms with Gasteiger partial charge in [0, 0.05) is 37.6 Å². The first-order chi connectivity index (χ1) is 9.58. The quantitative estimate of drug-likeness (QED) is 0.737. The fourth-order valence-corrected chi connectivity index (χ4v) is 4.94. The summed E-state index contributed by atoms with van der Waals surface area (Å²) in [7, 11) is -3.21. The van der Waals surface area contributed by atoms with Gasteiger partial charge in [0.1, 0.15) is 0 Å². The highest BCUT2D eigenvalue weighted by Gasteiger charge is 2.24. The van der Waals surface area contributed by atoms with Crippen LogP contribution in [0.2, 0.25) is 0 Å². The normalized spacial score (nSPS) is 23.9. The molecule has 2 rings (SSSR count). The fraction of sp³-hybridized carbons (Fsp3) is 0.769. The lowest BCUT2D eigenvalue weighted by molar-refractivity contribution is -0.121. The van der Waals surface area contributed by atoms with E-state index in [1.54, 1.807) is 11.8 Å². The Kier molecular flexibility index (Phi) is 5.92. The van der Waals surface area contributed by atoms with Crippen molar-refractivity contribution in [3.63, 3.8) is 0 Å². The molecular weight excluding hydrogens is 296 g/mol. The number of amides is 1. The molecule has 0 radical (unpaired) electrons. The van der Waals surface area contributed by atoms with Crippen LogP contribution in [0.3, 0.4) is 0 Å². The van der Waals surface area contributed by atoms with Crippen LogP contribution in [0.1, 0.15) is 19.3 Å². The number of hydrogen-bond acceptors (Lipinski definition) is 4. The Hall–Kier alpha value is -0.530. The zero-order chi connectivity index (χ0) is 14.4. The predicted octanol–water partition coefficient (Wildman–Crippen LogP) is 0.838. The first-order valence-corrected chi connectivity index (χ1v) is 9.83. The van der Waals surface area contributed by atoms with Gasteiger partial charge in [-0.3, -0.25) is 4.79 Å². The molecule has 1 atom stereocenters. The summed E-state index contributed by atoms with van der Waals surface area (Å²) in [6.45, 7) is 1.39. The van der Waals surface area contributed by atoms with Gasteiger partial charge in [-0.2, -0.15) is 11.8 Å². The van der Waals surface area contributed by atoms with Crippen molar-refractivity contribution in [2.24, 2.45) is 5.92 Å². The molecule has 1 heterocycles. The Labute approximate surface area is 125 Å². The van der Waals surface area contributed by atoms with Gasteiger partial charge in [0.2, 0.25) is 15.9 Å². The highest BCUT2D eigenvalue weighted by atomic mass is 32.2. The summed E-state index contributed by atoms with van der Waals surface area (Å²) in [5.74, 6) is 2.00. The average Bonchev–Trinajstić information content (AvgIpc) is 2.92. The number of hydrogen-bond donors (Lipinski definition) is 1. The van der Waals surface area contributed by atoms with Gasteiger partial charge in [0.05, 0.1) is 5.75 Å². The van der Waals surface area contributed by atoms with E-state index < -0.39 is 10.0 Å². The van der Waals surface area contributed by atoms with E-state index in [0.717, 1.165) is 24.3 Å². The minimum atomic E-state index is -3.21. The van der Waals surface area contributed by atoms with Crippen LogP contribution < -0.4 is 5.32 Å². The summed E-state index contributed by atoms with van der Waals surface area (Å²) in [6, 6.07) is 0. The molecule has 20 heavy (non-hydrogen) atoms. The van der Waals surface area contributed by atoms with Gasteiger partial charge in [-0.25, -0.2) is 12.7 Å². The lowest BCUT2D eigenvalue weighted by Crippen LogP contribution is -2.42. The maximum absolute atomic E-state index is 12.1. The second kappa shape index (κ2) is 7.47. The van der Waals surface area contributed by atoms with Gasteiger partial charge < -0.3 is 5.32 Å². The van der Waals surface area contributed by atoms with Crippen LogP contribution in [0.25, 0.3) is 0 Å². The van der Waals surface area contributed by atoms with E-state index in [9.17, 15) is 13.2 Å². The third-order valence-electron chi connectivity index (χ3n) is 3.61. The number of rotatable bonds is 6. The van der Waals surface area contributed by atoms with E-state index in [0.29, 0.717) is 25.4 Å². The second-order valence-electron chi connectivity index (χ2n) is 5.15. The van der Waals surface area contributed by atoms with E-state index in [4.69, 9.17) is 0 Å². The Morgan fingerprint density at radius 3 is 2.75 bits per heavy atom.